The van der Waals surface area contributed by atoms with Gasteiger partial charge >= 0.3 is 5.97 Å². The molecule has 0 aromatic carbocycles. The number of nitrogens with zero attached hydrogens (tertiary/aromatic N) is 1. The Labute approximate surface area is 218 Å². The summed E-state index contributed by atoms with van der Waals surface area (Å²) in [7, 11) is 0. The van der Waals surface area contributed by atoms with E-state index in [1.807, 2.05) is 0 Å². The molecular weight excluding hydrogens is 484 g/mol. The second-order valence-corrected chi connectivity index (χ2v) is 12.6. The van der Waals surface area contributed by atoms with Crippen LogP contribution in [0.2, 0.25) is 0 Å². The van der Waals surface area contributed by atoms with Gasteiger partial charge in [-0.2, -0.15) is 0 Å². The molecule has 1 aromatic heterocycles. The molecule has 8 bridgehead atoms. The van der Waals surface area contributed by atoms with Crippen molar-refractivity contribution in [2.24, 2.45) is 46.3 Å². The predicted octanol–water partition coefficient (Wildman–Crippen LogP) is 3.31. The van der Waals surface area contributed by atoms with Gasteiger partial charge in [-0.25, -0.2) is 4.98 Å². The number of carbonyl (C=O) groups is 2. The van der Waals surface area contributed by atoms with E-state index in [0.29, 0.717) is 47.1 Å². The van der Waals surface area contributed by atoms with Crippen molar-refractivity contribution in [2.45, 2.75) is 77.0 Å². The Bertz CT molecular complexity index is 837. The maximum absolute atomic E-state index is 13.5. The summed E-state index contributed by atoms with van der Waals surface area (Å²) < 4.78 is 6.03. The Morgan fingerprint density at radius 1 is 0.750 bits per heavy atom. The van der Waals surface area contributed by atoms with Gasteiger partial charge < -0.3 is 26.5 Å². The first-order chi connectivity index (χ1) is 15.5. The van der Waals surface area contributed by atoms with Crippen molar-refractivity contribution in [3.05, 3.63) is 18.3 Å². The summed E-state index contributed by atoms with van der Waals surface area (Å²) in [5, 5.41) is 3.12. The molecule has 9 heteroatoms. The smallest absolute Gasteiger partial charge is 0.317 e. The highest BCUT2D eigenvalue weighted by Crippen LogP contribution is 2.61. The molecule has 202 valence electrons. The number of esters is 1. The van der Waals surface area contributed by atoms with Crippen LogP contribution in [0.15, 0.2) is 18.3 Å². The number of rotatable bonds is 4. The minimum atomic E-state index is -0.314. The van der Waals surface area contributed by atoms with E-state index < -0.39 is 0 Å². The quantitative estimate of drug-likeness (QED) is 0.597. The first-order valence-electron chi connectivity index (χ1n) is 13.0. The summed E-state index contributed by atoms with van der Waals surface area (Å²) in [6.07, 6.45) is 15.5. The predicted molar refractivity (Wildman–Crippen MR) is 138 cm³/mol. The van der Waals surface area contributed by atoms with Crippen molar-refractivity contribution in [1.29, 1.82) is 0 Å². The topological polar surface area (TPSA) is 163 Å². The van der Waals surface area contributed by atoms with Gasteiger partial charge in [-0.05, 0) is 125 Å². The van der Waals surface area contributed by atoms with Gasteiger partial charge in [-0.1, -0.05) is 0 Å². The summed E-state index contributed by atoms with van der Waals surface area (Å²) >= 11 is 0. The molecule has 8 nitrogen and oxygen atoms in total. The van der Waals surface area contributed by atoms with Gasteiger partial charge in [0.1, 0.15) is 0 Å². The van der Waals surface area contributed by atoms with Gasteiger partial charge in [-0.3, -0.25) is 9.59 Å². The number of carbonyl (C=O) groups excluding carboxylic acids is 2. The van der Waals surface area contributed by atoms with E-state index in [0.717, 1.165) is 38.5 Å². The van der Waals surface area contributed by atoms with Gasteiger partial charge in [0.25, 0.3) is 0 Å². The van der Waals surface area contributed by atoms with Crippen LogP contribution in [-0.4, -0.2) is 33.3 Å². The first-order valence-corrected chi connectivity index (χ1v) is 13.0. The van der Waals surface area contributed by atoms with Crippen LogP contribution < -0.4 is 10.1 Å². The van der Waals surface area contributed by atoms with E-state index in [-0.39, 0.29) is 51.5 Å². The largest absolute Gasteiger partial charge is 0.422 e. The molecule has 0 unspecified atom stereocenters. The van der Waals surface area contributed by atoms with E-state index in [1.54, 1.807) is 18.3 Å². The Hall–Kier alpha value is -1.74. The van der Waals surface area contributed by atoms with Crippen molar-refractivity contribution >= 4 is 30.1 Å². The van der Waals surface area contributed by atoms with Crippen molar-refractivity contribution in [3.8, 4) is 5.75 Å². The molecule has 9 rings (SSSR count). The molecule has 1 aromatic rings. The van der Waals surface area contributed by atoms with E-state index in [9.17, 15) is 9.59 Å². The lowest BCUT2D eigenvalue weighted by molar-refractivity contribution is -0.161. The number of hydrogen-bond acceptors (Lipinski definition) is 4. The lowest BCUT2D eigenvalue weighted by Crippen LogP contribution is -2.52. The Morgan fingerprint density at radius 3 is 1.61 bits per heavy atom. The monoisotopic (exact) mass is 524 g/mol. The average molecular weight is 525 g/mol. The van der Waals surface area contributed by atoms with Crippen molar-refractivity contribution in [2.75, 3.05) is 5.32 Å². The maximum Gasteiger partial charge on any atom is 0.317 e. The van der Waals surface area contributed by atoms with E-state index in [2.05, 4.69) is 10.3 Å². The molecule has 0 spiro atoms. The first kappa shape index (κ1) is 28.8. The van der Waals surface area contributed by atoms with Gasteiger partial charge in [0.2, 0.25) is 5.91 Å². The SMILES string of the molecule is Cl.O.O.O.O=C(Nc1ncccc1OC(=O)C12CC3CC(CC(C3)C1)C2)C12CC3CC(CC(C3)C1)C2. The van der Waals surface area contributed by atoms with Crippen LogP contribution in [0.25, 0.3) is 0 Å². The van der Waals surface area contributed by atoms with E-state index in [4.69, 9.17) is 4.74 Å². The number of pyridine rings is 1. The van der Waals surface area contributed by atoms with Crippen LogP contribution in [0.4, 0.5) is 5.82 Å². The van der Waals surface area contributed by atoms with Crippen molar-refractivity contribution in [1.82, 2.24) is 4.98 Å². The van der Waals surface area contributed by atoms with Crippen molar-refractivity contribution < 1.29 is 30.8 Å². The summed E-state index contributed by atoms with van der Waals surface area (Å²) in [6, 6.07) is 3.59. The molecule has 0 aliphatic heterocycles. The molecule has 0 atom stereocenters. The number of anilines is 1. The third kappa shape index (κ3) is 4.55. The molecule has 7 N–H and O–H groups in total. The van der Waals surface area contributed by atoms with Crippen LogP contribution in [-0.2, 0) is 9.59 Å². The fourth-order valence-electron chi connectivity index (χ4n) is 9.76. The standard InChI is InChI=1S/C27H34N2O3.ClH.3H2O/c30-24(26-10-16-4-17(11-26)6-18(5-16)12-26)29-23-22(2-1-3-28-23)32-25(31)27-13-19-7-20(14-27)9-21(8-19)15-27;;;;/h1-3,16-21H,4-15H2,(H,28,29,30);1H;3*1H2. The van der Waals surface area contributed by atoms with E-state index in [1.165, 1.54) is 38.5 Å². The second kappa shape index (κ2) is 10.2. The zero-order valence-corrected chi connectivity index (χ0v) is 21.6. The molecular formula is C27H41ClN2O6. The minimum absolute atomic E-state index is 0. The second-order valence-electron chi connectivity index (χ2n) is 12.6. The summed E-state index contributed by atoms with van der Waals surface area (Å²) in [6.45, 7) is 0. The zero-order chi connectivity index (χ0) is 21.5. The van der Waals surface area contributed by atoms with Crippen molar-refractivity contribution in [3.63, 3.8) is 0 Å². The Kier molecular flexibility index (Phi) is 8.17. The van der Waals surface area contributed by atoms with E-state index >= 15 is 0 Å². The number of halogens is 1. The lowest BCUT2D eigenvalue weighted by Gasteiger charge is -2.55. The molecule has 8 aliphatic rings. The zero-order valence-electron chi connectivity index (χ0n) is 20.8. The molecule has 1 amide bonds. The van der Waals surface area contributed by atoms with Gasteiger partial charge in [0, 0.05) is 6.20 Å². The Morgan fingerprint density at radius 2 is 1.17 bits per heavy atom. The molecule has 8 aliphatic carbocycles. The molecule has 36 heavy (non-hydrogen) atoms. The highest BCUT2D eigenvalue weighted by molar-refractivity contribution is 5.96. The van der Waals surface area contributed by atoms with Crippen LogP contribution in [0.3, 0.4) is 0 Å². The fraction of sp³-hybridized carbons (Fsp3) is 0.741. The molecule has 8 fully saturated rings. The summed E-state index contributed by atoms with van der Waals surface area (Å²) in [4.78, 5) is 31.4. The average Bonchev–Trinajstić information content (AvgIpc) is 2.73. The summed E-state index contributed by atoms with van der Waals surface area (Å²) in [5.41, 5.74) is -0.556. The maximum atomic E-state index is 13.5. The molecule has 0 radical (unpaired) electrons. The number of aromatic nitrogens is 1. The molecule has 8 saturated carbocycles. The number of hydrogen-bond donors (Lipinski definition) is 1. The third-order valence-electron chi connectivity index (χ3n) is 10.2. The third-order valence-corrected chi connectivity index (χ3v) is 10.2. The van der Waals surface area contributed by atoms with Crippen LogP contribution in [0, 0.1) is 46.3 Å². The number of nitrogens with one attached hydrogen (secondary N) is 1. The number of ether oxygens (including phenoxy) is 1. The van der Waals surface area contributed by atoms with Crippen LogP contribution in [0.1, 0.15) is 77.0 Å². The van der Waals surface area contributed by atoms with Gasteiger partial charge in [0.15, 0.2) is 11.6 Å². The Balaban J connectivity index is 0.000000902. The number of amides is 1. The normalized spacial score (nSPS) is 40.1. The van der Waals surface area contributed by atoms with Gasteiger partial charge in [0.05, 0.1) is 10.8 Å². The summed E-state index contributed by atoms with van der Waals surface area (Å²) in [5.74, 6) is 5.07. The lowest BCUT2D eigenvalue weighted by atomic mass is 9.49. The van der Waals surface area contributed by atoms with Crippen LogP contribution >= 0.6 is 12.4 Å². The highest BCUT2D eigenvalue weighted by atomic mass is 35.5. The highest BCUT2D eigenvalue weighted by Gasteiger charge is 2.56. The van der Waals surface area contributed by atoms with Gasteiger partial charge in [-0.15, -0.1) is 12.4 Å². The van der Waals surface area contributed by atoms with Crippen LogP contribution in [0.5, 0.6) is 5.75 Å². The molecule has 0 saturated heterocycles. The fourth-order valence-corrected chi connectivity index (χ4v) is 9.76. The molecule has 1 heterocycles. The minimum Gasteiger partial charge on any atom is -0.422 e.